The lowest BCUT2D eigenvalue weighted by atomic mass is 9.96. The van der Waals surface area contributed by atoms with E-state index in [-0.39, 0.29) is 0 Å². The van der Waals surface area contributed by atoms with E-state index in [0.29, 0.717) is 0 Å². The van der Waals surface area contributed by atoms with Crippen molar-refractivity contribution in [2.45, 2.75) is 13.8 Å². The number of aryl methyl sites for hydroxylation is 3. The molecule has 0 bridgehead atoms. The predicted molar refractivity (Wildman–Crippen MR) is 133 cm³/mol. The van der Waals surface area contributed by atoms with Crippen molar-refractivity contribution in [3.05, 3.63) is 102 Å². The Morgan fingerprint density at radius 3 is 2.34 bits per heavy atom. The Bertz CT molecular complexity index is 1640. The fourth-order valence-corrected chi connectivity index (χ4v) is 5.00. The van der Waals surface area contributed by atoms with E-state index in [0.717, 1.165) is 11.2 Å². The fourth-order valence-electron chi connectivity index (χ4n) is 5.00. The first-order valence-corrected chi connectivity index (χ1v) is 11.0. The van der Waals surface area contributed by atoms with Gasteiger partial charge in [-0.3, -0.25) is 0 Å². The molecule has 0 fully saturated rings. The largest absolute Gasteiger partial charge is 0.456 e. The van der Waals surface area contributed by atoms with E-state index in [4.69, 9.17) is 4.42 Å². The molecule has 0 amide bonds. The van der Waals surface area contributed by atoms with Crippen LogP contribution in [0.1, 0.15) is 11.1 Å². The number of benzene rings is 4. The van der Waals surface area contributed by atoms with Crippen molar-refractivity contribution in [1.82, 2.24) is 0 Å². The molecule has 2 heteroatoms. The lowest BCUT2D eigenvalue weighted by Crippen LogP contribution is -2.31. The second-order valence-corrected chi connectivity index (χ2v) is 8.61. The van der Waals surface area contributed by atoms with Gasteiger partial charge in [-0.25, -0.2) is 4.57 Å². The summed E-state index contributed by atoms with van der Waals surface area (Å²) in [6, 6.07) is 30.1. The second kappa shape index (κ2) is 7.06. The molecule has 0 radical (unpaired) electrons. The van der Waals surface area contributed by atoms with Gasteiger partial charge in [-0.1, -0.05) is 60.7 Å². The van der Waals surface area contributed by atoms with Gasteiger partial charge in [-0.05, 0) is 53.9 Å². The zero-order valence-electron chi connectivity index (χ0n) is 18.5. The first kappa shape index (κ1) is 18.8. The number of nitrogens with zero attached hydrogens (tertiary/aromatic N) is 1. The van der Waals surface area contributed by atoms with Crippen LogP contribution in [0.3, 0.4) is 0 Å². The summed E-state index contributed by atoms with van der Waals surface area (Å²) in [5, 5.41) is 4.85. The number of hydrogen-bond donors (Lipinski definition) is 0. The average molecular weight is 415 g/mol. The summed E-state index contributed by atoms with van der Waals surface area (Å²) in [4.78, 5) is 0. The molecule has 2 nitrogen and oxygen atoms in total. The minimum Gasteiger partial charge on any atom is -0.456 e. The number of hydrogen-bond acceptors (Lipinski definition) is 1. The first-order chi connectivity index (χ1) is 15.6. The zero-order valence-corrected chi connectivity index (χ0v) is 18.5. The van der Waals surface area contributed by atoms with E-state index in [1.54, 1.807) is 0 Å². The molecule has 4 aromatic carbocycles. The number of pyridine rings is 1. The molecule has 0 atom stereocenters. The maximum Gasteiger partial charge on any atom is 0.213 e. The van der Waals surface area contributed by atoms with Crippen molar-refractivity contribution < 1.29 is 8.98 Å². The summed E-state index contributed by atoms with van der Waals surface area (Å²) in [7, 11) is 2.12. The third kappa shape index (κ3) is 2.76. The highest BCUT2D eigenvalue weighted by Gasteiger charge is 2.20. The van der Waals surface area contributed by atoms with Gasteiger partial charge in [-0.15, -0.1) is 0 Å². The molecule has 0 spiro atoms. The lowest BCUT2D eigenvalue weighted by molar-refractivity contribution is -0.660. The van der Waals surface area contributed by atoms with E-state index in [2.05, 4.69) is 117 Å². The second-order valence-electron chi connectivity index (χ2n) is 8.61. The molecule has 32 heavy (non-hydrogen) atoms. The molecule has 0 unspecified atom stereocenters. The molecule has 0 aliphatic heterocycles. The van der Waals surface area contributed by atoms with E-state index in [1.807, 2.05) is 0 Å². The molecule has 2 aromatic heterocycles. The fraction of sp³-hybridized carbons (Fsp3) is 0.100. The number of fused-ring (bicyclic) bond motifs is 5. The summed E-state index contributed by atoms with van der Waals surface area (Å²) >= 11 is 0. The van der Waals surface area contributed by atoms with Crippen LogP contribution in [0.25, 0.3) is 55.1 Å². The molecule has 154 valence electrons. The van der Waals surface area contributed by atoms with E-state index >= 15 is 0 Å². The van der Waals surface area contributed by atoms with E-state index in [1.165, 1.54) is 55.1 Å². The minimum atomic E-state index is 0.942. The Morgan fingerprint density at radius 1 is 0.719 bits per heavy atom. The minimum absolute atomic E-state index is 0.942. The topological polar surface area (TPSA) is 17.0 Å². The van der Waals surface area contributed by atoms with Gasteiger partial charge in [0, 0.05) is 28.0 Å². The zero-order chi connectivity index (χ0) is 21.8. The summed E-state index contributed by atoms with van der Waals surface area (Å²) in [5.41, 5.74) is 9.21. The van der Waals surface area contributed by atoms with Crippen LogP contribution in [0, 0.1) is 13.8 Å². The van der Waals surface area contributed by atoms with Crippen molar-refractivity contribution in [2.75, 3.05) is 0 Å². The summed E-state index contributed by atoms with van der Waals surface area (Å²) in [6.07, 6.45) is 2.22. The number of aromatic nitrogens is 1. The van der Waals surface area contributed by atoms with Crippen LogP contribution >= 0.6 is 0 Å². The number of rotatable bonds is 2. The molecular formula is C30H24NO+. The third-order valence-electron chi connectivity index (χ3n) is 6.61. The van der Waals surface area contributed by atoms with E-state index < -0.39 is 0 Å². The quantitative estimate of drug-likeness (QED) is 0.268. The molecule has 2 heterocycles. The van der Waals surface area contributed by atoms with Gasteiger partial charge < -0.3 is 4.42 Å². The van der Waals surface area contributed by atoms with Gasteiger partial charge in [0.15, 0.2) is 6.20 Å². The van der Waals surface area contributed by atoms with Crippen molar-refractivity contribution in [3.63, 3.8) is 0 Å². The molecule has 6 rings (SSSR count). The first-order valence-electron chi connectivity index (χ1n) is 11.0. The highest BCUT2D eigenvalue weighted by Crippen LogP contribution is 2.39. The third-order valence-corrected chi connectivity index (χ3v) is 6.61. The molecule has 0 N–H and O–H groups in total. The molecular weight excluding hydrogens is 390 g/mol. The van der Waals surface area contributed by atoms with Crippen molar-refractivity contribution >= 4 is 32.7 Å². The van der Waals surface area contributed by atoms with Gasteiger partial charge in [0.05, 0.1) is 5.56 Å². The van der Waals surface area contributed by atoms with Crippen LogP contribution in [-0.2, 0) is 7.05 Å². The van der Waals surface area contributed by atoms with Gasteiger partial charge in [0.2, 0.25) is 5.69 Å². The van der Waals surface area contributed by atoms with Crippen molar-refractivity contribution in [2.24, 2.45) is 7.05 Å². The van der Waals surface area contributed by atoms with Crippen molar-refractivity contribution in [1.29, 1.82) is 0 Å². The molecule has 0 saturated heterocycles. The average Bonchev–Trinajstić information content (AvgIpc) is 3.21. The van der Waals surface area contributed by atoms with Crippen molar-refractivity contribution in [3.8, 4) is 22.4 Å². The Labute approximate surface area is 187 Å². The van der Waals surface area contributed by atoms with Gasteiger partial charge in [0.1, 0.15) is 18.2 Å². The highest BCUT2D eigenvalue weighted by atomic mass is 16.3. The smallest absolute Gasteiger partial charge is 0.213 e. The van der Waals surface area contributed by atoms with Crippen LogP contribution < -0.4 is 4.57 Å². The molecule has 6 aromatic rings. The normalized spacial score (nSPS) is 11.6. The standard InChI is InChI=1S/C30H24NO/c1-19-18-31(3)27(17-26(19)21-9-5-4-6-10-21)23-14-15-25-29-24-12-8-7-11-22(24)13-16-28(29)32-30(25)20(23)2/h4-18H,1-3H3/q+1. The van der Waals surface area contributed by atoms with E-state index in [9.17, 15) is 0 Å². The Kier molecular flexibility index (Phi) is 4.16. The summed E-state index contributed by atoms with van der Waals surface area (Å²) in [6.45, 7) is 4.34. The Morgan fingerprint density at radius 2 is 1.50 bits per heavy atom. The summed E-state index contributed by atoms with van der Waals surface area (Å²) < 4.78 is 8.64. The number of furan rings is 1. The van der Waals surface area contributed by atoms with Gasteiger partial charge >= 0.3 is 0 Å². The lowest BCUT2D eigenvalue weighted by Gasteiger charge is -2.10. The maximum absolute atomic E-state index is 6.42. The Hall–Kier alpha value is -3.91. The van der Waals surface area contributed by atoms with Crippen LogP contribution in [0.5, 0.6) is 0 Å². The maximum atomic E-state index is 6.42. The van der Waals surface area contributed by atoms with Gasteiger partial charge in [-0.2, -0.15) is 0 Å². The van der Waals surface area contributed by atoms with Crippen LogP contribution in [0.4, 0.5) is 0 Å². The monoisotopic (exact) mass is 414 g/mol. The molecule has 0 aliphatic rings. The van der Waals surface area contributed by atoms with Crippen LogP contribution in [0.2, 0.25) is 0 Å². The van der Waals surface area contributed by atoms with Gasteiger partial charge in [0.25, 0.3) is 0 Å². The summed E-state index contributed by atoms with van der Waals surface area (Å²) in [5.74, 6) is 0. The van der Waals surface area contributed by atoms with Crippen LogP contribution in [-0.4, -0.2) is 0 Å². The van der Waals surface area contributed by atoms with Crippen LogP contribution in [0.15, 0.2) is 95.5 Å². The predicted octanol–water partition coefficient (Wildman–Crippen LogP) is 7.51. The Balaban J connectivity index is 1.62. The highest BCUT2D eigenvalue weighted by molar-refractivity contribution is 6.19. The SMILES string of the molecule is Cc1c[n+](C)c(-c2ccc3c(oc4ccc5ccccc5c43)c2C)cc1-c1ccccc1. The molecule has 0 saturated carbocycles. The molecule has 0 aliphatic carbocycles.